The van der Waals surface area contributed by atoms with Gasteiger partial charge in [0, 0.05) is 6.42 Å². The first-order valence-electron chi connectivity index (χ1n) is 12.3. The molecule has 6 heteroatoms. The Balaban J connectivity index is 3.66. The van der Waals surface area contributed by atoms with Crippen LogP contribution < -0.4 is 0 Å². The Morgan fingerprint density at radius 1 is 0.533 bits per heavy atom. The number of aliphatic hydroxyl groups is 4. The van der Waals surface area contributed by atoms with Crippen LogP contribution in [-0.4, -0.2) is 55.9 Å². The number of carbonyl (C=O) groups is 1. The summed E-state index contributed by atoms with van der Waals surface area (Å²) in [4.78, 5) is 10.4. The molecule has 6 nitrogen and oxygen atoms in total. The van der Waals surface area contributed by atoms with Gasteiger partial charge >= 0.3 is 5.97 Å². The average Bonchev–Trinajstić information content (AvgIpc) is 2.72. The van der Waals surface area contributed by atoms with Crippen molar-refractivity contribution in [1.82, 2.24) is 0 Å². The van der Waals surface area contributed by atoms with Crippen LogP contribution >= 0.6 is 0 Å². The predicted octanol–water partition coefficient (Wildman–Crippen LogP) is 4.56. The third-order valence-corrected chi connectivity index (χ3v) is 5.89. The van der Waals surface area contributed by atoms with Crippen molar-refractivity contribution in [2.75, 3.05) is 0 Å². The highest BCUT2D eigenvalue weighted by atomic mass is 16.4. The minimum atomic E-state index is -0.874. The molecule has 0 heterocycles. The summed E-state index contributed by atoms with van der Waals surface area (Å²) in [5.74, 6) is -0.748. The lowest BCUT2D eigenvalue weighted by Gasteiger charge is -2.22. The molecule has 0 radical (unpaired) electrons. The first-order valence-corrected chi connectivity index (χ1v) is 12.3. The van der Waals surface area contributed by atoms with Crippen LogP contribution in [0, 0.1) is 0 Å². The summed E-state index contributed by atoms with van der Waals surface area (Å²) in [7, 11) is 0. The number of hydrogen-bond donors (Lipinski definition) is 5. The lowest BCUT2D eigenvalue weighted by Crippen LogP contribution is -2.31. The van der Waals surface area contributed by atoms with Crippen molar-refractivity contribution in [1.29, 1.82) is 0 Å². The molecule has 180 valence electrons. The largest absolute Gasteiger partial charge is 0.481 e. The quantitative estimate of drug-likeness (QED) is 0.160. The van der Waals surface area contributed by atoms with Gasteiger partial charge in [-0.25, -0.2) is 0 Å². The molecule has 30 heavy (non-hydrogen) atoms. The molecule has 0 spiro atoms. The van der Waals surface area contributed by atoms with E-state index in [1.807, 2.05) is 0 Å². The Hall–Kier alpha value is -0.690. The fourth-order valence-corrected chi connectivity index (χ4v) is 3.76. The second-order valence-electron chi connectivity index (χ2n) is 8.81. The molecule has 0 unspecified atom stereocenters. The maximum atomic E-state index is 10.4. The second kappa shape index (κ2) is 20.2. The summed E-state index contributed by atoms with van der Waals surface area (Å²) < 4.78 is 0. The van der Waals surface area contributed by atoms with E-state index in [1.165, 1.54) is 32.1 Å². The van der Waals surface area contributed by atoms with Crippen LogP contribution in [0.5, 0.6) is 0 Å². The summed E-state index contributed by atoms with van der Waals surface area (Å²) in [5.41, 5.74) is 0. The van der Waals surface area contributed by atoms with Crippen LogP contribution in [0.4, 0.5) is 0 Å². The van der Waals surface area contributed by atoms with Crippen LogP contribution in [-0.2, 0) is 4.79 Å². The molecule has 0 rings (SSSR count). The number of carboxylic acids is 1. The van der Waals surface area contributed by atoms with E-state index in [-0.39, 0.29) is 12.8 Å². The zero-order chi connectivity index (χ0) is 22.6. The molecule has 0 saturated carbocycles. The first kappa shape index (κ1) is 29.3. The topological polar surface area (TPSA) is 118 Å². The van der Waals surface area contributed by atoms with Crippen LogP contribution in [0.15, 0.2) is 0 Å². The monoisotopic (exact) mass is 432 g/mol. The van der Waals surface area contributed by atoms with Crippen molar-refractivity contribution in [3.05, 3.63) is 0 Å². The fourth-order valence-electron chi connectivity index (χ4n) is 3.76. The zero-order valence-electron chi connectivity index (χ0n) is 19.2. The zero-order valence-corrected chi connectivity index (χ0v) is 19.2. The van der Waals surface area contributed by atoms with Crippen LogP contribution in [0.1, 0.15) is 122 Å². The standard InChI is InChI=1S/C24H48O6/c1-2-3-4-5-6-9-12-15-20(25)22(27)18-19-23(28)21(26)16-13-10-7-8-11-14-17-24(29)30/h20-23,25-28H,2-19H2,1H3,(H,29,30)/t20-,21-,22+,23+/m0/s1. The second-order valence-corrected chi connectivity index (χ2v) is 8.81. The maximum absolute atomic E-state index is 10.4. The number of carboxylic acid groups (broad SMARTS) is 1. The summed E-state index contributed by atoms with van der Waals surface area (Å²) in [6, 6.07) is 0. The van der Waals surface area contributed by atoms with Crippen molar-refractivity contribution < 1.29 is 30.3 Å². The van der Waals surface area contributed by atoms with Crippen molar-refractivity contribution in [3.63, 3.8) is 0 Å². The molecule has 0 fully saturated rings. The smallest absolute Gasteiger partial charge is 0.303 e. The van der Waals surface area contributed by atoms with E-state index in [2.05, 4.69) is 6.92 Å². The Bertz CT molecular complexity index is 390. The number of aliphatic carboxylic acids is 1. The van der Waals surface area contributed by atoms with Gasteiger partial charge in [-0.3, -0.25) is 4.79 Å². The van der Waals surface area contributed by atoms with E-state index < -0.39 is 30.4 Å². The highest BCUT2D eigenvalue weighted by Gasteiger charge is 2.21. The van der Waals surface area contributed by atoms with E-state index in [1.54, 1.807) is 0 Å². The van der Waals surface area contributed by atoms with Gasteiger partial charge in [-0.1, -0.05) is 84.0 Å². The normalized spacial score (nSPS) is 15.6. The van der Waals surface area contributed by atoms with Crippen LogP contribution in [0.3, 0.4) is 0 Å². The summed E-state index contributed by atoms with van der Waals surface area (Å²) in [5, 5.41) is 48.9. The molecule has 0 bridgehead atoms. The predicted molar refractivity (Wildman–Crippen MR) is 120 cm³/mol. The minimum absolute atomic E-state index is 0.227. The summed E-state index contributed by atoms with van der Waals surface area (Å²) >= 11 is 0. The van der Waals surface area contributed by atoms with Crippen LogP contribution in [0.2, 0.25) is 0 Å². The lowest BCUT2D eigenvalue weighted by atomic mass is 9.97. The van der Waals surface area contributed by atoms with E-state index in [0.717, 1.165) is 44.9 Å². The van der Waals surface area contributed by atoms with Crippen molar-refractivity contribution >= 4 is 5.97 Å². The Kier molecular flexibility index (Phi) is 19.8. The maximum Gasteiger partial charge on any atom is 0.303 e. The van der Waals surface area contributed by atoms with Crippen molar-refractivity contribution in [2.24, 2.45) is 0 Å². The Labute approximate surface area is 183 Å². The SMILES string of the molecule is CCCCCCCCC[C@H](O)[C@H](O)CC[C@@H](O)[C@@H](O)CCCCCCCCC(=O)O. The van der Waals surface area contributed by atoms with Gasteiger partial charge in [0.1, 0.15) is 0 Å². The molecule has 0 aliphatic carbocycles. The van der Waals surface area contributed by atoms with Gasteiger partial charge in [0.2, 0.25) is 0 Å². The molecule has 0 aromatic heterocycles. The van der Waals surface area contributed by atoms with Gasteiger partial charge in [-0.05, 0) is 32.1 Å². The summed E-state index contributed by atoms with van der Waals surface area (Å²) in [6.07, 6.45) is 12.2. The molecule has 0 aliphatic rings. The Morgan fingerprint density at radius 3 is 1.27 bits per heavy atom. The fraction of sp³-hybridized carbons (Fsp3) is 0.958. The third-order valence-electron chi connectivity index (χ3n) is 5.89. The highest BCUT2D eigenvalue weighted by molar-refractivity contribution is 5.66. The van der Waals surface area contributed by atoms with Gasteiger partial charge in [0.15, 0.2) is 0 Å². The molecule has 5 N–H and O–H groups in total. The molecule has 4 atom stereocenters. The lowest BCUT2D eigenvalue weighted by molar-refractivity contribution is -0.137. The van der Waals surface area contributed by atoms with Gasteiger partial charge in [0.25, 0.3) is 0 Å². The van der Waals surface area contributed by atoms with Crippen LogP contribution in [0.25, 0.3) is 0 Å². The van der Waals surface area contributed by atoms with E-state index in [0.29, 0.717) is 25.7 Å². The highest BCUT2D eigenvalue weighted by Crippen LogP contribution is 2.17. The van der Waals surface area contributed by atoms with Crippen molar-refractivity contribution in [2.45, 2.75) is 147 Å². The first-order chi connectivity index (χ1) is 14.4. The molecular formula is C24H48O6. The average molecular weight is 433 g/mol. The molecule has 0 saturated heterocycles. The molecular weight excluding hydrogens is 384 g/mol. The number of unbranched alkanes of at least 4 members (excludes halogenated alkanes) is 11. The molecule has 0 aromatic carbocycles. The minimum Gasteiger partial charge on any atom is -0.481 e. The number of rotatable bonds is 22. The van der Waals surface area contributed by atoms with Gasteiger partial charge in [-0.15, -0.1) is 0 Å². The van der Waals surface area contributed by atoms with Crippen molar-refractivity contribution in [3.8, 4) is 0 Å². The molecule has 0 aromatic rings. The van der Waals surface area contributed by atoms with E-state index in [9.17, 15) is 25.2 Å². The number of hydrogen-bond acceptors (Lipinski definition) is 5. The number of aliphatic hydroxyl groups excluding tert-OH is 4. The Morgan fingerprint density at radius 2 is 0.867 bits per heavy atom. The van der Waals surface area contributed by atoms with Gasteiger partial charge in [0.05, 0.1) is 24.4 Å². The van der Waals surface area contributed by atoms with E-state index >= 15 is 0 Å². The van der Waals surface area contributed by atoms with Gasteiger partial charge in [-0.2, -0.15) is 0 Å². The summed E-state index contributed by atoms with van der Waals surface area (Å²) in [6.45, 7) is 2.20. The van der Waals surface area contributed by atoms with Gasteiger partial charge < -0.3 is 25.5 Å². The third kappa shape index (κ3) is 18.1. The molecule has 0 aliphatic heterocycles. The van der Waals surface area contributed by atoms with E-state index in [4.69, 9.17) is 5.11 Å². The molecule has 0 amide bonds.